The third kappa shape index (κ3) is 6.31. The third-order valence-electron chi connectivity index (χ3n) is 8.34. The van der Waals surface area contributed by atoms with Gasteiger partial charge >= 0.3 is 0 Å². The van der Waals surface area contributed by atoms with Crippen LogP contribution in [0.3, 0.4) is 0 Å². The standard InChI is InChI=1S/C33H38N6O3/c40-31(34-20-9-21-37(26-12-4-5-13-26)24-27-14-8-23-42-27)18-17-30-35-36-33-38(22-19-25-10-2-1-3-11-25)32(41)28-15-6-7-16-29(28)39(30)33/h1-3,6-8,10-11,14-16,23,26H,4-5,9,12-13,17-22,24H2,(H,34,40). The molecule has 0 unspecified atom stereocenters. The van der Waals surface area contributed by atoms with E-state index in [9.17, 15) is 9.59 Å². The molecule has 9 heteroatoms. The largest absolute Gasteiger partial charge is 0.468 e. The lowest BCUT2D eigenvalue weighted by Crippen LogP contribution is -2.35. The van der Waals surface area contributed by atoms with Crippen molar-refractivity contribution < 1.29 is 9.21 Å². The lowest BCUT2D eigenvalue weighted by Gasteiger charge is -2.28. The molecule has 6 rings (SSSR count). The molecule has 9 nitrogen and oxygen atoms in total. The lowest BCUT2D eigenvalue weighted by molar-refractivity contribution is -0.121. The molecular formula is C33H38N6O3. The molecule has 218 valence electrons. The number of para-hydroxylation sites is 1. The van der Waals surface area contributed by atoms with Crippen LogP contribution in [0.15, 0.2) is 82.2 Å². The van der Waals surface area contributed by atoms with Gasteiger partial charge in [0.1, 0.15) is 11.6 Å². The van der Waals surface area contributed by atoms with Gasteiger partial charge in [0.05, 0.1) is 23.7 Å². The van der Waals surface area contributed by atoms with Crippen LogP contribution in [0.1, 0.15) is 55.7 Å². The lowest BCUT2D eigenvalue weighted by atomic mass is 10.1. The first-order valence-electron chi connectivity index (χ1n) is 15.1. The summed E-state index contributed by atoms with van der Waals surface area (Å²) in [5, 5.41) is 12.6. The van der Waals surface area contributed by atoms with Gasteiger partial charge in [-0.25, -0.2) is 0 Å². The number of fused-ring (bicyclic) bond motifs is 3. The molecule has 0 saturated heterocycles. The summed E-state index contributed by atoms with van der Waals surface area (Å²) in [7, 11) is 0. The van der Waals surface area contributed by atoms with E-state index in [1.807, 2.05) is 59.0 Å². The average Bonchev–Trinajstić information content (AvgIpc) is 3.81. The van der Waals surface area contributed by atoms with Crippen molar-refractivity contribution in [3.8, 4) is 0 Å². The maximum Gasteiger partial charge on any atom is 0.262 e. The first kappa shape index (κ1) is 27.9. The number of furan rings is 1. The van der Waals surface area contributed by atoms with Crippen molar-refractivity contribution in [3.05, 3.63) is 100 Å². The second-order valence-electron chi connectivity index (χ2n) is 11.2. The Kier molecular flexibility index (Phi) is 8.75. The molecule has 42 heavy (non-hydrogen) atoms. The van der Waals surface area contributed by atoms with Crippen LogP contribution in [0.2, 0.25) is 0 Å². The number of carbonyl (C=O) groups is 1. The van der Waals surface area contributed by atoms with E-state index < -0.39 is 0 Å². The highest BCUT2D eigenvalue weighted by atomic mass is 16.3. The Labute approximate surface area is 245 Å². The Morgan fingerprint density at radius 3 is 2.60 bits per heavy atom. The molecule has 2 aromatic carbocycles. The van der Waals surface area contributed by atoms with Crippen molar-refractivity contribution in [3.63, 3.8) is 0 Å². The Hall–Kier alpha value is -4.24. The average molecular weight is 567 g/mol. The molecule has 3 aromatic heterocycles. The highest BCUT2D eigenvalue weighted by Crippen LogP contribution is 2.25. The van der Waals surface area contributed by atoms with E-state index in [0.717, 1.165) is 36.4 Å². The van der Waals surface area contributed by atoms with Gasteiger partial charge in [0.15, 0.2) is 0 Å². The summed E-state index contributed by atoms with van der Waals surface area (Å²) in [6.45, 7) is 2.86. The quantitative estimate of drug-likeness (QED) is 0.206. The number of nitrogens with zero attached hydrogens (tertiary/aromatic N) is 5. The van der Waals surface area contributed by atoms with Crippen LogP contribution in [0, 0.1) is 0 Å². The molecule has 1 fully saturated rings. The monoisotopic (exact) mass is 566 g/mol. The Balaban J connectivity index is 1.09. The minimum atomic E-state index is -0.0792. The maximum atomic E-state index is 13.4. The fraction of sp³-hybridized carbons (Fsp3) is 0.394. The predicted octanol–water partition coefficient (Wildman–Crippen LogP) is 4.76. The van der Waals surface area contributed by atoms with Crippen LogP contribution in [0.4, 0.5) is 0 Å². The molecule has 0 spiro atoms. The number of aromatic nitrogens is 4. The van der Waals surface area contributed by atoms with Gasteiger partial charge in [0, 0.05) is 38.5 Å². The highest BCUT2D eigenvalue weighted by molar-refractivity contribution is 5.80. The van der Waals surface area contributed by atoms with E-state index in [-0.39, 0.29) is 11.5 Å². The van der Waals surface area contributed by atoms with Crippen molar-refractivity contribution >= 4 is 22.6 Å². The van der Waals surface area contributed by atoms with Crippen LogP contribution in [0.5, 0.6) is 0 Å². The Morgan fingerprint density at radius 1 is 0.976 bits per heavy atom. The van der Waals surface area contributed by atoms with E-state index in [1.54, 1.807) is 10.8 Å². The summed E-state index contributed by atoms with van der Waals surface area (Å²) < 4.78 is 9.23. The van der Waals surface area contributed by atoms with Gasteiger partial charge in [0.25, 0.3) is 5.56 Å². The molecule has 3 heterocycles. The van der Waals surface area contributed by atoms with Crippen LogP contribution in [-0.2, 0) is 30.7 Å². The van der Waals surface area contributed by atoms with Crippen LogP contribution in [-0.4, -0.2) is 49.1 Å². The van der Waals surface area contributed by atoms with Crippen LogP contribution >= 0.6 is 0 Å². The molecule has 1 amide bonds. The van der Waals surface area contributed by atoms with E-state index in [2.05, 4.69) is 32.5 Å². The van der Waals surface area contributed by atoms with Crippen LogP contribution < -0.4 is 10.9 Å². The molecule has 1 aliphatic rings. The Bertz CT molecular complexity index is 1670. The second kappa shape index (κ2) is 13.2. The smallest absolute Gasteiger partial charge is 0.262 e. The van der Waals surface area contributed by atoms with E-state index in [0.29, 0.717) is 55.4 Å². The molecular weight excluding hydrogens is 528 g/mol. The van der Waals surface area contributed by atoms with E-state index in [4.69, 9.17) is 4.42 Å². The first-order valence-corrected chi connectivity index (χ1v) is 15.1. The van der Waals surface area contributed by atoms with Crippen LogP contribution in [0.25, 0.3) is 16.7 Å². The first-order chi connectivity index (χ1) is 20.7. The highest BCUT2D eigenvalue weighted by Gasteiger charge is 2.23. The van der Waals surface area contributed by atoms with E-state index in [1.165, 1.54) is 25.7 Å². The fourth-order valence-electron chi connectivity index (χ4n) is 6.15. The zero-order valence-corrected chi connectivity index (χ0v) is 24.0. The van der Waals surface area contributed by atoms with Crippen molar-refractivity contribution in [2.75, 3.05) is 13.1 Å². The topological polar surface area (TPSA) is 97.7 Å². The molecule has 0 aliphatic heterocycles. The Morgan fingerprint density at radius 2 is 1.79 bits per heavy atom. The molecule has 1 aliphatic carbocycles. The minimum absolute atomic E-state index is 0.00749. The van der Waals surface area contributed by atoms with Crippen molar-refractivity contribution in [1.29, 1.82) is 0 Å². The number of amides is 1. The number of nitrogens with one attached hydrogen (secondary N) is 1. The fourth-order valence-corrected chi connectivity index (χ4v) is 6.15. The number of benzene rings is 2. The number of hydrogen-bond acceptors (Lipinski definition) is 6. The third-order valence-corrected chi connectivity index (χ3v) is 8.34. The molecule has 1 N–H and O–H groups in total. The van der Waals surface area contributed by atoms with Gasteiger partial charge in [-0.1, -0.05) is 55.3 Å². The number of aryl methyl sites for hydroxylation is 3. The summed E-state index contributed by atoms with van der Waals surface area (Å²) in [6.07, 6.45) is 9.08. The molecule has 5 aromatic rings. The van der Waals surface area contributed by atoms with Gasteiger partial charge in [-0.15, -0.1) is 10.2 Å². The van der Waals surface area contributed by atoms with Gasteiger partial charge in [-0.2, -0.15) is 0 Å². The second-order valence-corrected chi connectivity index (χ2v) is 11.2. The molecule has 0 radical (unpaired) electrons. The van der Waals surface area contributed by atoms with Gasteiger partial charge < -0.3 is 9.73 Å². The summed E-state index contributed by atoms with van der Waals surface area (Å²) in [5.41, 5.74) is 1.83. The zero-order valence-electron chi connectivity index (χ0n) is 24.0. The number of rotatable bonds is 13. The summed E-state index contributed by atoms with van der Waals surface area (Å²) in [6, 6.07) is 22.2. The normalized spacial score (nSPS) is 13.9. The minimum Gasteiger partial charge on any atom is -0.468 e. The predicted molar refractivity (Wildman–Crippen MR) is 162 cm³/mol. The summed E-state index contributed by atoms with van der Waals surface area (Å²) in [4.78, 5) is 28.7. The van der Waals surface area contributed by atoms with Gasteiger partial charge in [0.2, 0.25) is 11.7 Å². The molecule has 0 bridgehead atoms. The molecule has 0 atom stereocenters. The van der Waals surface area contributed by atoms with Crippen molar-refractivity contribution in [1.82, 2.24) is 29.4 Å². The van der Waals surface area contributed by atoms with Crippen molar-refractivity contribution in [2.24, 2.45) is 0 Å². The SMILES string of the molecule is O=C(CCc1nnc2n(CCc3ccccc3)c(=O)c3ccccc3n12)NCCCN(Cc1ccco1)C1CCCC1. The number of carbonyl (C=O) groups excluding carboxylic acids is 1. The molecule has 1 saturated carbocycles. The summed E-state index contributed by atoms with van der Waals surface area (Å²) >= 11 is 0. The van der Waals surface area contributed by atoms with Gasteiger partial charge in [-0.05, 0) is 55.5 Å². The maximum absolute atomic E-state index is 13.4. The number of hydrogen-bond donors (Lipinski definition) is 1. The van der Waals surface area contributed by atoms with Crippen molar-refractivity contribution in [2.45, 2.75) is 70.5 Å². The summed E-state index contributed by atoms with van der Waals surface area (Å²) in [5.74, 6) is 2.17. The van der Waals surface area contributed by atoms with Gasteiger partial charge in [-0.3, -0.25) is 23.5 Å². The van der Waals surface area contributed by atoms with E-state index >= 15 is 0 Å². The zero-order chi connectivity index (χ0) is 28.7.